The number of rotatable bonds is 1. The van der Waals surface area contributed by atoms with Crippen LogP contribution in [0.4, 0.5) is 4.39 Å². The maximum atomic E-state index is 12.9. The van der Waals surface area contributed by atoms with Crippen LogP contribution in [0.2, 0.25) is 10.0 Å². The van der Waals surface area contributed by atoms with Crippen molar-refractivity contribution in [1.82, 2.24) is 19.9 Å². The van der Waals surface area contributed by atoms with Gasteiger partial charge in [0, 0.05) is 36.2 Å². The van der Waals surface area contributed by atoms with Gasteiger partial charge in [0.05, 0.1) is 28.0 Å². The summed E-state index contributed by atoms with van der Waals surface area (Å²) in [4.78, 5) is 25.0. The van der Waals surface area contributed by atoms with Crippen LogP contribution < -0.4 is 0 Å². The van der Waals surface area contributed by atoms with Gasteiger partial charge in [0.25, 0.3) is 5.91 Å². The second-order valence-corrected chi connectivity index (χ2v) is 6.35. The number of nitrogens with one attached hydrogen (secondary N) is 1. The van der Waals surface area contributed by atoms with E-state index in [0.717, 1.165) is 34.6 Å². The summed E-state index contributed by atoms with van der Waals surface area (Å²) >= 11 is 12.3. The lowest BCUT2D eigenvalue weighted by molar-refractivity contribution is 0.0722. The summed E-state index contributed by atoms with van der Waals surface area (Å²) in [5.74, 6) is -0.911. The molecule has 8 heteroatoms. The number of amides is 1. The minimum absolute atomic E-state index is 0.0132. The van der Waals surface area contributed by atoms with Crippen molar-refractivity contribution in [3.8, 4) is 0 Å². The van der Waals surface area contributed by atoms with Crippen LogP contribution in [-0.2, 0) is 13.0 Å². The lowest BCUT2D eigenvalue weighted by atomic mass is 10.0. The molecule has 1 aromatic carbocycles. The summed E-state index contributed by atoms with van der Waals surface area (Å²) in [6, 6.07) is 3.63. The monoisotopic (exact) mass is 364 g/mol. The van der Waals surface area contributed by atoms with Gasteiger partial charge in [0.1, 0.15) is 0 Å². The summed E-state index contributed by atoms with van der Waals surface area (Å²) < 4.78 is 12.9. The molecule has 0 unspecified atom stereocenters. The topological polar surface area (TPSA) is 61.9 Å². The summed E-state index contributed by atoms with van der Waals surface area (Å²) in [5.41, 5.74) is 2.82. The standard InChI is InChI=1S/C16H11Cl2FN4O/c17-11-2-1-9-10-7-23(4-3-12(10)22-14(9)13(11)18)16(24)15-20-5-8(19)6-21-15/h1-2,5-6,22H,3-4,7H2. The third-order valence-electron chi connectivity index (χ3n) is 4.14. The highest BCUT2D eigenvalue weighted by molar-refractivity contribution is 6.45. The molecule has 1 amide bonds. The summed E-state index contributed by atoms with van der Waals surface area (Å²) in [5, 5.41) is 1.90. The molecule has 1 N–H and O–H groups in total. The molecule has 5 nitrogen and oxygen atoms in total. The molecule has 24 heavy (non-hydrogen) atoms. The van der Waals surface area contributed by atoms with Gasteiger partial charge in [-0.05, 0) is 6.07 Å². The lowest BCUT2D eigenvalue weighted by Gasteiger charge is -2.26. The molecule has 3 heterocycles. The van der Waals surface area contributed by atoms with Crippen molar-refractivity contribution in [1.29, 1.82) is 0 Å². The molecule has 0 fully saturated rings. The summed E-state index contributed by atoms with van der Waals surface area (Å²) in [6.07, 6.45) is 2.64. The number of aromatic nitrogens is 3. The fraction of sp³-hybridized carbons (Fsp3) is 0.188. The second kappa shape index (κ2) is 5.72. The fourth-order valence-electron chi connectivity index (χ4n) is 2.96. The van der Waals surface area contributed by atoms with E-state index in [-0.39, 0.29) is 11.7 Å². The van der Waals surface area contributed by atoms with Gasteiger partial charge in [-0.3, -0.25) is 4.79 Å². The van der Waals surface area contributed by atoms with Crippen molar-refractivity contribution < 1.29 is 9.18 Å². The lowest BCUT2D eigenvalue weighted by Crippen LogP contribution is -2.36. The molecule has 4 rings (SSSR count). The fourth-order valence-corrected chi connectivity index (χ4v) is 3.33. The second-order valence-electron chi connectivity index (χ2n) is 5.57. The first-order valence-electron chi connectivity index (χ1n) is 7.29. The smallest absolute Gasteiger partial charge is 0.291 e. The van der Waals surface area contributed by atoms with Gasteiger partial charge >= 0.3 is 0 Å². The van der Waals surface area contributed by atoms with E-state index in [1.165, 1.54) is 0 Å². The molecule has 3 aromatic rings. The molecule has 1 aliphatic heterocycles. The summed E-state index contributed by atoms with van der Waals surface area (Å²) in [6.45, 7) is 0.928. The van der Waals surface area contributed by atoms with Gasteiger partial charge in [-0.1, -0.05) is 29.3 Å². The van der Waals surface area contributed by atoms with Crippen LogP contribution in [0.1, 0.15) is 21.9 Å². The van der Waals surface area contributed by atoms with E-state index in [9.17, 15) is 9.18 Å². The molecule has 0 bridgehead atoms. The van der Waals surface area contributed by atoms with Gasteiger partial charge in [-0.2, -0.15) is 0 Å². The van der Waals surface area contributed by atoms with Gasteiger partial charge in [-0.15, -0.1) is 0 Å². The Morgan fingerprint density at radius 2 is 2.00 bits per heavy atom. The first-order valence-corrected chi connectivity index (χ1v) is 8.04. The molecule has 1 aliphatic rings. The van der Waals surface area contributed by atoms with E-state index in [4.69, 9.17) is 23.2 Å². The van der Waals surface area contributed by atoms with E-state index >= 15 is 0 Å². The van der Waals surface area contributed by atoms with Gasteiger partial charge in [0.15, 0.2) is 5.82 Å². The number of carbonyl (C=O) groups excluding carboxylic acids is 1. The molecule has 0 radical (unpaired) electrons. The number of halogens is 3. The van der Waals surface area contributed by atoms with Gasteiger partial charge < -0.3 is 9.88 Å². The van der Waals surface area contributed by atoms with E-state index in [2.05, 4.69) is 15.0 Å². The van der Waals surface area contributed by atoms with Gasteiger partial charge in [-0.25, -0.2) is 14.4 Å². The maximum Gasteiger partial charge on any atom is 0.291 e. The third kappa shape index (κ3) is 2.42. The van der Waals surface area contributed by atoms with E-state index in [1.54, 1.807) is 11.0 Å². The Labute approximate surface area is 146 Å². The first-order chi connectivity index (χ1) is 11.5. The number of H-pyrrole nitrogens is 1. The quantitative estimate of drug-likeness (QED) is 0.717. The zero-order valence-corrected chi connectivity index (χ0v) is 13.8. The molecular formula is C16H11Cl2FN4O. The third-order valence-corrected chi connectivity index (χ3v) is 4.94. The molecular weight excluding hydrogens is 354 g/mol. The van der Waals surface area contributed by atoms with E-state index in [0.29, 0.717) is 29.6 Å². The zero-order chi connectivity index (χ0) is 16.8. The normalized spacial score (nSPS) is 14.0. The molecule has 0 saturated carbocycles. The number of hydrogen-bond donors (Lipinski definition) is 1. The Morgan fingerprint density at radius 3 is 2.75 bits per heavy atom. The molecule has 2 aromatic heterocycles. The largest absolute Gasteiger partial charge is 0.357 e. The highest BCUT2D eigenvalue weighted by Crippen LogP contribution is 2.35. The van der Waals surface area contributed by atoms with Crippen molar-refractivity contribution in [3.05, 3.63) is 57.5 Å². The van der Waals surface area contributed by atoms with Crippen molar-refractivity contribution in [2.24, 2.45) is 0 Å². The van der Waals surface area contributed by atoms with Crippen molar-refractivity contribution >= 4 is 40.0 Å². The molecule has 0 saturated heterocycles. The Morgan fingerprint density at radius 1 is 1.25 bits per heavy atom. The SMILES string of the molecule is O=C(c1ncc(F)cn1)N1CCc2[nH]c3c(Cl)c(Cl)ccc3c2C1. The number of carbonyl (C=O) groups is 1. The molecule has 0 atom stereocenters. The molecule has 0 aliphatic carbocycles. The highest BCUT2D eigenvalue weighted by Gasteiger charge is 2.27. The summed E-state index contributed by atoms with van der Waals surface area (Å²) in [7, 11) is 0. The Hall–Kier alpha value is -2.18. The number of benzene rings is 1. The van der Waals surface area contributed by atoms with E-state index < -0.39 is 5.82 Å². The van der Waals surface area contributed by atoms with Crippen molar-refractivity contribution in [2.75, 3.05) is 6.54 Å². The van der Waals surface area contributed by atoms with Gasteiger partial charge in [0.2, 0.25) is 5.82 Å². The van der Waals surface area contributed by atoms with Crippen molar-refractivity contribution in [3.63, 3.8) is 0 Å². The van der Waals surface area contributed by atoms with Crippen LogP contribution in [0.15, 0.2) is 24.5 Å². The van der Waals surface area contributed by atoms with Crippen LogP contribution in [0.5, 0.6) is 0 Å². The van der Waals surface area contributed by atoms with Crippen molar-refractivity contribution in [2.45, 2.75) is 13.0 Å². The van der Waals surface area contributed by atoms with Crippen LogP contribution >= 0.6 is 23.2 Å². The molecule has 122 valence electrons. The van der Waals surface area contributed by atoms with E-state index in [1.807, 2.05) is 6.07 Å². The zero-order valence-electron chi connectivity index (χ0n) is 12.3. The number of hydrogen-bond acceptors (Lipinski definition) is 3. The Bertz CT molecular complexity index is 955. The van der Waals surface area contributed by atoms with Crippen LogP contribution in [-0.4, -0.2) is 32.3 Å². The van der Waals surface area contributed by atoms with Crippen LogP contribution in [0, 0.1) is 5.82 Å². The molecule has 0 spiro atoms. The average molecular weight is 365 g/mol. The highest BCUT2D eigenvalue weighted by atomic mass is 35.5. The predicted octanol–water partition coefficient (Wildman–Crippen LogP) is 3.60. The first kappa shape index (κ1) is 15.4. The predicted molar refractivity (Wildman–Crippen MR) is 88.8 cm³/mol. The number of nitrogens with zero attached hydrogens (tertiary/aromatic N) is 3. The minimum Gasteiger partial charge on any atom is -0.357 e. The average Bonchev–Trinajstić information content (AvgIpc) is 2.97. The Balaban J connectivity index is 1.69. The Kier molecular flexibility index (Phi) is 3.66. The van der Waals surface area contributed by atoms with Crippen LogP contribution in [0.25, 0.3) is 10.9 Å². The maximum absolute atomic E-state index is 12.9. The number of fused-ring (bicyclic) bond motifs is 3. The number of aromatic amines is 1. The van der Waals surface area contributed by atoms with Crippen LogP contribution in [0.3, 0.4) is 0 Å². The minimum atomic E-state index is -0.573.